The average molecular weight is 541 g/mol. The van der Waals surface area contributed by atoms with Gasteiger partial charge in [-0.05, 0) is 60.0 Å². The summed E-state index contributed by atoms with van der Waals surface area (Å²) in [4.78, 5) is 40.8. The number of hydrogen-bond acceptors (Lipinski definition) is 5. The number of pyridine rings is 1. The molecule has 1 aliphatic rings. The van der Waals surface area contributed by atoms with Gasteiger partial charge in [0.2, 0.25) is 5.91 Å². The van der Waals surface area contributed by atoms with Gasteiger partial charge in [0.1, 0.15) is 0 Å². The zero-order valence-corrected chi connectivity index (χ0v) is 22.5. The number of anilines is 1. The summed E-state index contributed by atoms with van der Waals surface area (Å²) in [5.41, 5.74) is 14.1. The smallest absolute Gasteiger partial charge is 0.322 e. The number of amides is 3. The van der Waals surface area contributed by atoms with E-state index in [9.17, 15) is 9.59 Å². The van der Waals surface area contributed by atoms with Crippen LogP contribution in [0.5, 0.6) is 0 Å². The molecule has 0 aliphatic carbocycles. The molecule has 3 heterocycles. The molecule has 8 heteroatoms. The topological polar surface area (TPSA) is 114 Å². The Kier molecular flexibility index (Phi) is 6.95. The summed E-state index contributed by atoms with van der Waals surface area (Å²) in [5.74, 6) is 0.165. The molecule has 2 aromatic heterocycles. The molecule has 202 valence electrons. The van der Waals surface area contributed by atoms with Gasteiger partial charge in [0, 0.05) is 53.3 Å². The van der Waals surface area contributed by atoms with Gasteiger partial charge in [0.15, 0.2) is 5.82 Å². The van der Waals surface area contributed by atoms with Crippen LogP contribution in [0.2, 0.25) is 0 Å². The number of nitrogens with two attached hydrogens (primary N) is 1. The standard InChI is InChI=1S/C33H28N6O2/c1-21-6-2-3-10-27(21)30-28-20-39(17-15-29(28)37-32(38-30)25-8-5-16-35-19-25)33(41)36-26-9-4-7-24(18-26)22-11-13-23(14-12-22)31(34)40/h2-14,16,18-19H,15,17,20H2,1H3,(H2,34,40)(H,36,41). The number of urea groups is 1. The predicted octanol–water partition coefficient (Wildman–Crippen LogP) is 5.87. The lowest BCUT2D eigenvalue weighted by molar-refractivity contribution is 0.1000. The fraction of sp³-hybridized carbons (Fsp3) is 0.121. The molecule has 3 aromatic carbocycles. The maximum Gasteiger partial charge on any atom is 0.322 e. The van der Waals surface area contributed by atoms with E-state index in [1.807, 2.05) is 60.7 Å². The second-order valence-corrected chi connectivity index (χ2v) is 10.0. The number of carbonyl (C=O) groups excluding carboxylic acids is 2. The number of nitrogens with one attached hydrogen (secondary N) is 1. The van der Waals surface area contributed by atoms with Gasteiger partial charge >= 0.3 is 6.03 Å². The maximum absolute atomic E-state index is 13.5. The first kappa shape index (κ1) is 25.9. The number of nitrogens with zero attached hydrogens (tertiary/aromatic N) is 4. The van der Waals surface area contributed by atoms with Crippen LogP contribution in [0.15, 0.2) is 97.3 Å². The van der Waals surface area contributed by atoms with Crippen molar-refractivity contribution in [2.75, 3.05) is 11.9 Å². The van der Waals surface area contributed by atoms with Crippen LogP contribution in [0.1, 0.15) is 27.2 Å². The molecule has 0 unspecified atom stereocenters. The first-order chi connectivity index (χ1) is 20.0. The van der Waals surface area contributed by atoms with Gasteiger partial charge in [0.05, 0.1) is 17.9 Å². The summed E-state index contributed by atoms with van der Waals surface area (Å²) in [7, 11) is 0. The van der Waals surface area contributed by atoms with Crippen molar-refractivity contribution in [3.63, 3.8) is 0 Å². The highest BCUT2D eigenvalue weighted by Gasteiger charge is 2.27. The summed E-state index contributed by atoms with van der Waals surface area (Å²) < 4.78 is 0. The van der Waals surface area contributed by atoms with Crippen LogP contribution < -0.4 is 11.1 Å². The van der Waals surface area contributed by atoms with Crippen LogP contribution in [0, 0.1) is 6.92 Å². The summed E-state index contributed by atoms with van der Waals surface area (Å²) in [6, 6.07) is 26.5. The third kappa shape index (κ3) is 5.40. The van der Waals surface area contributed by atoms with Gasteiger partial charge in [-0.25, -0.2) is 14.8 Å². The lowest BCUT2D eigenvalue weighted by Gasteiger charge is -2.30. The minimum Gasteiger partial charge on any atom is -0.366 e. The van der Waals surface area contributed by atoms with E-state index in [0.717, 1.165) is 44.8 Å². The van der Waals surface area contributed by atoms with E-state index < -0.39 is 5.91 Å². The minimum atomic E-state index is -0.468. The molecular weight excluding hydrogens is 512 g/mol. The van der Waals surface area contributed by atoms with Crippen LogP contribution in [0.4, 0.5) is 10.5 Å². The Bertz CT molecular complexity index is 1750. The lowest BCUT2D eigenvalue weighted by Crippen LogP contribution is -2.39. The highest BCUT2D eigenvalue weighted by Crippen LogP contribution is 2.33. The Balaban J connectivity index is 1.27. The first-order valence-electron chi connectivity index (χ1n) is 13.4. The van der Waals surface area contributed by atoms with Gasteiger partial charge in [-0.3, -0.25) is 9.78 Å². The van der Waals surface area contributed by atoms with E-state index in [1.165, 1.54) is 0 Å². The molecule has 41 heavy (non-hydrogen) atoms. The Morgan fingerprint density at radius 2 is 1.68 bits per heavy atom. The number of fused-ring (bicyclic) bond motifs is 1. The van der Waals surface area contributed by atoms with E-state index in [1.54, 1.807) is 29.4 Å². The maximum atomic E-state index is 13.5. The predicted molar refractivity (Wildman–Crippen MR) is 159 cm³/mol. The molecule has 1 aliphatic heterocycles. The summed E-state index contributed by atoms with van der Waals surface area (Å²) in [6.07, 6.45) is 4.12. The van der Waals surface area contributed by atoms with Crippen LogP contribution in [-0.2, 0) is 13.0 Å². The molecule has 0 spiro atoms. The molecule has 0 radical (unpaired) electrons. The highest BCUT2D eigenvalue weighted by atomic mass is 16.2. The number of carbonyl (C=O) groups is 2. The van der Waals surface area contributed by atoms with Gasteiger partial charge in [-0.15, -0.1) is 0 Å². The summed E-state index contributed by atoms with van der Waals surface area (Å²) in [6.45, 7) is 2.99. The van der Waals surface area contributed by atoms with Crippen molar-refractivity contribution in [2.45, 2.75) is 19.9 Å². The molecular formula is C33H28N6O2. The van der Waals surface area contributed by atoms with Gasteiger partial charge in [0.25, 0.3) is 0 Å². The van der Waals surface area contributed by atoms with Crippen molar-refractivity contribution < 1.29 is 9.59 Å². The monoisotopic (exact) mass is 540 g/mol. The SMILES string of the molecule is Cc1ccccc1-c1nc(-c2cccnc2)nc2c1CN(C(=O)Nc1cccc(-c3ccc(C(N)=O)cc3)c1)CC2. The summed E-state index contributed by atoms with van der Waals surface area (Å²) >= 11 is 0. The Labute approximate surface area is 237 Å². The van der Waals surface area contributed by atoms with Crippen LogP contribution >= 0.6 is 0 Å². The number of aryl methyl sites for hydroxylation is 1. The quantitative estimate of drug-likeness (QED) is 0.289. The molecule has 0 fully saturated rings. The molecule has 0 atom stereocenters. The molecule has 3 N–H and O–H groups in total. The zero-order valence-electron chi connectivity index (χ0n) is 22.5. The zero-order chi connectivity index (χ0) is 28.3. The normalized spacial score (nSPS) is 12.5. The minimum absolute atomic E-state index is 0.191. The van der Waals surface area contributed by atoms with E-state index in [-0.39, 0.29) is 6.03 Å². The molecule has 0 saturated heterocycles. The van der Waals surface area contributed by atoms with E-state index in [2.05, 4.69) is 29.4 Å². The van der Waals surface area contributed by atoms with Crippen molar-refractivity contribution >= 4 is 17.6 Å². The Hall–Kier alpha value is -5.37. The van der Waals surface area contributed by atoms with Crippen molar-refractivity contribution in [3.05, 3.63) is 120 Å². The van der Waals surface area contributed by atoms with Crippen LogP contribution in [-0.4, -0.2) is 38.3 Å². The number of rotatable bonds is 5. The Morgan fingerprint density at radius 1 is 0.878 bits per heavy atom. The van der Waals surface area contributed by atoms with E-state index in [0.29, 0.717) is 36.6 Å². The number of primary amides is 1. The number of benzene rings is 3. The van der Waals surface area contributed by atoms with Gasteiger partial charge in [-0.2, -0.15) is 0 Å². The fourth-order valence-corrected chi connectivity index (χ4v) is 5.08. The lowest BCUT2D eigenvalue weighted by atomic mass is 9.96. The molecule has 5 aromatic rings. The van der Waals surface area contributed by atoms with Crippen molar-refractivity contribution in [1.29, 1.82) is 0 Å². The van der Waals surface area contributed by atoms with Gasteiger partial charge in [-0.1, -0.05) is 48.5 Å². The number of hydrogen-bond donors (Lipinski definition) is 2. The molecule has 0 bridgehead atoms. The van der Waals surface area contributed by atoms with E-state index >= 15 is 0 Å². The molecule has 0 saturated carbocycles. The largest absolute Gasteiger partial charge is 0.366 e. The van der Waals surface area contributed by atoms with Crippen molar-refractivity contribution in [2.24, 2.45) is 5.73 Å². The number of aromatic nitrogens is 3. The van der Waals surface area contributed by atoms with Crippen molar-refractivity contribution in [1.82, 2.24) is 19.9 Å². The second kappa shape index (κ2) is 11.0. The molecule has 3 amide bonds. The Morgan fingerprint density at radius 3 is 2.44 bits per heavy atom. The van der Waals surface area contributed by atoms with Crippen LogP contribution in [0.25, 0.3) is 33.8 Å². The van der Waals surface area contributed by atoms with E-state index in [4.69, 9.17) is 15.7 Å². The summed E-state index contributed by atoms with van der Waals surface area (Å²) in [5, 5.41) is 3.05. The van der Waals surface area contributed by atoms with Crippen molar-refractivity contribution in [3.8, 4) is 33.8 Å². The molecule has 6 rings (SSSR count). The highest BCUT2D eigenvalue weighted by molar-refractivity contribution is 5.93. The average Bonchev–Trinajstić information content (AvgIpc) is 3.01. The van der Waals surface area contributed by atoms with Gasteiger partial charge < -0.3 is 16.0 Å². The first-order valence-corrected chi connectivity index (χ1v) is 13.4. The van der Waals surface area contributed by atoms with Crippen LogP contribution in [0.3, 0.4) is 0 Å². The third-order valence-electron chi connectivity index (χ3n) is 7.28. The fourth-order valence-electron chi connectivity index (χ4n) is 5.08. The third-order valence-corrected chi connectivity index (χ3v) is 7.28. The second-order valence-electron chi connectivity index (χ2n) is 10.0. The molecule has 8 nitrogen and oxygen atoms in total.